The Morgan fingerprint density at radius 1 is 1.58 bits per heavy atom. The number of hydrogen-bond acceptors (Lipinski definition) is 3. The van der Waals surface area contributed by atoms with Crippen LogP contribution in [0.1, 0.15) is 12.5 Å². The van der Waals surface area contributed by atoms with Crippen LogP contribution in [0.25, 0.3) is 0 Å². The van der Waals surface area contributed by atoms with Crippen molar-refractivity contribution in [1.82, 2.24) is 10.6 Å². The molecule has 0 aromatic heterocycles. The molecule has 1 aromatic rings. The van der Waals surface area contributed by atoms with Crippen LogP contribution in [0.3, 0.4) is 0 Å². The molecule has 19 heavy (non-hydrogen) atoms. The summed E-state index contributed by atoms with van der Waals surface area (Å²) in [5, 5.41) is 6.09. The maximum absolute atomic E-state index is 11.9. The number of aryl methyl sites for hydroxylation is 1. The molecule has 1 fully saturated rings. The van der Waals surface area contributed by atoms with Crippen LogP contribution >= 0.6 is 15.9 Å². The van der Waals surface area contributed by atoms with Crippen LogP contribution in [0.4, 0.5) is 0 Å². The predicted molar refractivity (Wildman–Crippen MR) is 78.3 cm³/mol. The highest BCUT2D eigenvalue weighted by Gasteiger charge is 2.20. The molecule has 1 amide bonds. The fourth-order valence-corrected chi connectivity index (χ4v) is 2.41. The van der Waals surface area contributed by atoms with Gasteiger partial charge in [-0.2, -0.15) is 0 Å². The minimum atomic E-state index is -0.493. The first kappa shape index (κ1) is 14.3. The summed E-state index contributed by atoms with van der Waals surface area (Å²) in [7, 11) is 0. The molecule has 0 spiro atoms. The van der Waals surface area contributed by atoms with Crippen molar-refractivity contribution in [3.8, 4) is 5.75 Å². The van der Waals surface area contributed by atoms with Crippen molar-refractivity contribution in [3.63, 3.8) is 0 Å². The maximum Gasteiger partial charge on any atom is 0.260 e. The molecule has 104 valence electrons. The summed E-state index contributed by atoms with van der Waals surface area (Å²) >= 11 is 3.44. The number of carbonyl (C=O) groups is 1. The summed E-state index contributed by atoms with van der Waals surface area (Å²) in [6.07, 6.45) is -0.493. The van der Waals surface area contributed by atoms with Gasteiger partial charge >= 0.3 is 0 Å². The van der Waals surface area contributed by atoms with Crippen LogP contribution in [-0.2, 0) is 4.79 Å². The zero-order chi connectivity index (χ0) is 13.8. The van der Waals surface area contributed by atoms with Crippen molar-refractivity contribution in [3.05, 3.63) is 28.2 Å². The highest BCUT2D eigenvalue weighted by atomic mass is 79.9. The molecule has 1 aliphatic rings. The fraction of sp³-hybridized carbons (Fsp3) is 0.500. The van der Waals surface area contributed by atoms with Gasteiger partial charge in [-0.15, -0.1) is 0 Å². The third-order valence-corrected chi connectivity index (χ3v) is 3.81. The van der Waals surface area contributed by atoms with Crippen molar-refractivity contribution < 1.29 is 9.53 Å². The first-order valence-electron chi connectivity index (χ1n) is 6.47. The zero-order valence-electron chi connectivity index (χ0n) is 11.2. The first-order valence-corrected chi connectivity index (χ1v) is 7.27. The van der Waals surface area contributed by atoms with Crippen LogP contribution in [0.5, 0.6) is 5.75 Å². The van der Waals surface area contributed by atoms with Crippen LogP contribution in [0.2, 0.25) is 0 Å². The van der Waals surface area contributed by atoms with Crippen molar-refractivity contribution in [1.29, 1.82) is 0 Å². The van der Waals surface area contributed by atoms with Crippen molar-refractivity contribution in [2.24, 2.45) is 5.92 Å². The average Bonchev–Trinajstić information content (AvgIpc) is 2.30. The lowest BCUT2D eigenvalue weighted by Crippen LogP contribution is -2.49. The van der Waals surface area contributed by atoms with E-state index in [2.05, 4.69) is 26.6 Å². The number of rotatable bonds is 5. The monoisotopic (exact) mass is 326 g/mol. The van der Waals surface area contributed by atoms with E-state index in [0.29, 0.717) is 18.2 Å². The molecule has 1 saturated heterocycles. The number of hydrogen-bond donors (Lipinski definition) is 2. The van der Waals surface area contributed by atoms with E-state index in [1.54, 1.807) is 6.92 Å². The van der Waals surface area contributed by atoms with E-state index in [-0.39, 0.29) is 5.91 Å². The summed E-state index contributed by atoms with van der Waals surface area (Å²) in [5.74, 6) is 1.18. The number of carbonyl (C=O) groups excluding carboxylic acids is 1. The standard InChI is InChI=1S/C14H19BrN2O2/c1-9-3-4-13(12(15)5-9)19-10(2)14(18)17-8-11-6-16-7-11/h3-5,10-11,16H,6-8H2,1-2H3,(H,17,18). The highest BCUT2D eigenvalue weighted by molar-refractivity contribution is 9.10. The number of benzene rings is 1. The van der Waals surface area contributed by atoms with Gasteiger partial charge in [0.05, 0.1) is 4.47 Å². The Kier molecular flexibility index (Phi) is 4.82. The van der Waals surface area contributed by atoms with E-state index in [0.717, 1.165) is 23.1 Å². The Labute approximate surface area is 122 Å². The predicted octanol–water partition coefficient (Wildman–Crippen LogP) is 1.86. The van der Waals surface area contributed by atoms with Gasteiger partial charge in [-0.25, -0.2) is 0 Å². The molecule has 2 rings (SSSR count). The molecule has 1 heterocycles. The van der Waals surface area contributed by atoms with Crippen molar-refractivity contribution in [2.75, 3.05) is 19.6 Å². The van der Waals surface area contributed by atoms with Crippen molar-refractivity contribution in [2.45, 2.75) is 20.0 Å². The number of halogens is 1. The lowest BCUT2D eigenvalue weighted by molar-refractivity contribution is -0.127. The van der Waals surface area contributed by atoms with Gasteiger partial charge in [0.2, 0.25) is 0 Å². The first-order chi connectivity index (χ1) is 9.06. The molecule has 1 unspecified atom stereocenters. The molecule has 0 bridgehead atoms. The van der Waals surface area contributed by atoms with Crippen molar-refractivity contribution >= 4 is 21.8 Å². The summed E-state index contributed by atoms with van der Waals surface area (Å²) in [4.78, 5) is 11.9. The Morgan fingerprint density at radius 3 is 2.89 bits per heavy atom. The van der Waals surface area contributed by atoms with E-state index >= 15 is 0 Å². The minimum absolute atomic E-state index is 0.0700. The summed E-state index contributed by atoms with van der Waals surface area (Å²) in [6, 6.07) is 5.81. The van der Waals surface area contributed by atoms with E-state index in [9.17, 15) is 4.79 Å². The number of amides is 1. The van der Waals surface area contributed by atoms with Gasteiger partial charge in [-0.05, 0) is 47.5 Å². The van der Waals surface area contributed by atoms with Gasteiger partial charge in [0.15, 0.2) is 6.10 Å². The minimum Gasteiger partial charge on any atom is -0.480 e. The van der Waals surface area contributed by atoms with E-state index in [1.807, 2.05) is 25.1 Å². The lowest BCUT2D eigenvalue weighted by atomic mass is 10.0. The normalized spacial score (nSPS) is 16.6. The molecule has 0 saturated carbocycles. The fourth-order valence-electron chi connectivity index (χ4n) is 1.83. The van der Waals surface area contributed by atoms with Crippen LogP contribution in [-0.4, -0.2) is 31.6 Å². The maximum atomic E-state index is 11.9. The Morgan fingerprint density at radius 2 is 2.32 bits per heavy atom. The molecule has 0 radical (unpaired) electrons. The summed E-state index contributed by atoms with van der Waals surface area (Å²) in [6.45, 7) is 6.46. The zero-order valence-corrected chi connectivity index (χ0v) is 12.8. The molecule has 1 aromatic carbocycles. The largest absolute Gasteiger partial charge is 0.480 e. The summed E-state index contributed by atoms with van der Waals surface area (Å²) < 4.78 is 6.54. The molecule has 4 nitrogen and oxygen atoms in total. The van der Waals surface area contributed by atoms with Gasteiger partial charge in [0, 0.05) is 25.6 Å². The van der Waals surface area contributed by atoms with Crippen LogP contribution in [0.15, 0.2) is 22.7 Å². The third kappa shape index (κ3) is 3.94. The molecule has 5 heteroatoms. The Balaban J connectivity index is 1.84. The van der Waals surface area contributed by atoms with Crippen LogP contribution in [0, 0.1) is 12.8 Å². The topological polar surface area (TPSA) is 50.4 Å². The Bertz CT molecular complexity index is 461. The molecular formula is C14H19BrN2O2. The number of ether oxygens (including phenoxy) is 1. The second-order valence-corrected chi connectivity index (χ2v) is 5.82. The Hall–Kier alpha value is -1.07. The summed E-state index contributed by atoms with van der Waals surface area (Å²) in [5.41, 5.74) is 1.15. The van der Waals surface area contributed by atoms with Crippen LogP contribution < -0.4 is 15.4 Å². The van der Waals surface area contributed by atoms with Gasteiger partial charge in [-0.3, -0.25) is 4.79 Å². The molecule has 0 aliphatic carbocycles. The number of nitrogens with one attached hydrogen (secondary N) is 2. The molecule has 1 atom stereocenters. The van der Waals surface area contributed by atoms with Gasteiger partial charge in [-0.1, -0.05) is 6.07 Å². The highest BCUT2D eigenvalue weighted by Crippen LogP contribution is 2.26. The van der Waals surface area contributed by atoms with E-state index in [4.69, 9.17) is 4.74 Å². The third-order valence-electron chi connectivity index (χ3n) is 3.19. The quantitative estimate of drug-likeness (QED) is 0.868. The second-order valence-electron chi connectivity index (χ2n) is 4.96. The second kappa shape index (κ2) is 6.39. The van der Waals surface area contributed by atoms with E-state index < -0.39 is 6.10 Å². The van der Waals surface area contributed by atoms with Gasteiger partial charge in [0.25, 0.3) is 5.91 Å². The molecular weight excluding hydrogens is 308 g/mol. The van der Waals surface area contributed by atoms with Gasteiger partial charge in [0.1, 0.15) is 5.75 Å². The smallest absolute Gasteiger partial charge is 0.260 e. The average molecular weight is 327 g/mol. The molecule has 2 N–H and O–H groups in total. The van der Waals surface area contributed by atoms with E-state index in [1.165, 1.54) is 0 Å². The van der Waals surface area contributed by atoms with Gasteiger partial charge < -0.3 is 15.4 Å². The SMILES string of the molecule is Cc1ccc(OC(C)C(=O)NCC2CNC2)c(Br)c1. The lowest BCUT2D eigenvalue weighted by Gasteiger charge is -2.27. The molecule has 1 aliphatic heterocycles.